The predicted molar refractivity (Wildman–Crippen MR) is 111 cm³/mol. The molecule has 28 heavy (non-hydrogen) atoms. The summed E-state index contributed by atoms with van der Waals surface area (Å²) in [7, 11) is 0. The Morgan fingerprint density at radius 3 is 1.61 bits per heavy atom. The average molecular weight is 383 g/mol. The van der Waals surface area contributed by atoms with Gasteiger partial charge in [-0.1, -0.05) is 52.4 Å². The summed E-state index contributed by atoms with van der Waals surface area (Å²) in [4.78, 5) is 30.5. The van der Waals surface area contributed by atoms with Gasteiger partial charge in [-0.2, -0.15) is 0 Å². The van der Waals surface area contributed by atoms with Crippen molar-refractivity contribution in [2.24, 2.45) is 0 Å². The van der Waals surface area contributed by atoms with Crippen LogP contribution in [0.25, 0.3) is 11.4 Å². The van der Waals surface area contributed by atoms with Crippen LogP contribution in [-0.4, -0.2) is 26.0 Å². The summed E-state index contributed by atoms with van der Waals surface area (Å²) in [5.41, 5.74) is 3.05. The highest BCUT2D eigenvalue weighted by atomic mass is 16.2. The van der Waals surface area contributed by atoms with Gasteiger partial charge in [0.15, 0.2) is 11.6 Å². The van der Waals surface area contributed by atoms with Crippen molar-refractivity contribution in [3.05, 3.63) is 23.8 Å². The van der Waals surface area contributed by atoms with E-state index in [1.807, 2.05) is 0 Å². The van der Waals surface area contributed by atoms with E-state index in [1.54, 1.807) is 12.4 Å². The molecule has 2 aromatic rings. The van der Waals surface area contributed by atoms with Crippen LogP contribution < -0.4 is 10.6 Å². The second kappa shape index (κ2) is 10.1. The number of rotatable bonds is 10. The van der Waals surface area contributed by atoms with Crippen LogP contribution >= 0.6 is 0 Å². The molecule has 0 fully saturated rings. The summed E-state index contributed by atoms with van der Waals surface area (Å²) in [6.07, 6.45) is 14.7. The Labute approximate surface area is 166 Å². The number of hydrogen-bond acceptors (Lipinski definition) is 5. The Morgan fingerprint density at radius 2 is 1.18 bits per heavy atom. The number of fused-ring (bicyclic) bond motifs is 3. The molecule has 3 heterocycles. The van der Waals surface area contributed by atoms with Crippen LogP contribution in [0.3, 0.4) is 0 Å². The molecule has 1 aliphatic rings. The third-order valence-corrected chi connectivity index (χ3v) is 4.91. The lowest BCUT2D eigenvalue weighted by Crippen LogP contribution is -2.19. The highest BCUT2D eigenvalue weighted by Gasteiger charge is 2.23. The first-order valence-electron chi connectivity index (χ1n) is 10.5. The van der Waals surface area contributed by atoms with Gasteiger partial charge in [0, 0.05) is 0 Å². The van der Waals surface area contributed by atoms with Crippen molar-refractivity contribution in [1.82, 2.24) is 19.9 Å². The minimum absolute atomic E-state index is 0.366. The number of anilines is 2. The summed E-state index contributed by atoms with van der Waals surface area (Å²) in [5, 5.41) is 5.50. The maximum Gasteiger partial charge on any atom is 0.326 e. The molecule has 150 valence electrons. The summed E-state index contributed by atoms with van der Waals surface area (Å²) in [6, 6.07) is -0.366. The van der Waals surface area contributed by atoms with Crippen LogP contribution in [0.4, 0.5) is 16.4 Å². The number of aromatic nitrogens is 4. The van der Waals surface area contributed by atoms with Crippen LogP contribution in [0.5, 0.6) is 0 Å². The Bertz CT molecular complexity index is 742. The molecule has 0 unspecified atom stereocenters. The number of aryl methyl sites for hydroxylation is 2. The minimum atomic E-state index is -0.366. The van der Waals surface area contributed by atoms with Crippen LogP contribution in [0, 0.1) is 0 Å². The van der Waals surface area contributed by atoms with Crippen LogP contribution in [0.2, 0.25) is 0 Å². The number of unbranched alkanes of at least 4 members (excludes halogenated alkanes) is 6. The van der Waals surface area contributed by atoms with E-state index in [9.17, 15) is 4.79 Å². The quantitative estimate of drug-likeness (QED) is 0.555. The van der Waals surface area contributed by atoms with E-state index in [4.69, 9.17) is 9.97 Å². The van der Waals surface area contributed by atoms with Gasteiger partial charge in [0.2, 0.25) is 0 Å². The summed E-state index contributed by atoms with van der Waals surface area (Å²) in [6.45, 7) is 4.40. The van der Waals surface area contributed by atoms with E-state index >= 15 is 0 Å². The minimum Gasteiger partial charge on any atom is -0.290 e. The highest BCUT2D eigenvalue weighted by molar-refractivity contribution is 6.05. The molecule has 0 radical (unpaired) electrons. The molecular weight excluding hydrogens is 352 g/mol. The van der Waals surface area contributed by atoms with Gasteiger partial charge in [-0.15, -0.1) is 0 Å². The van der Waals surface area contributed by atoms with E-state index in [2.05, 4.69) is 34.4 Å². The number of amides is 2. The summed E-state index contributed by atoms with van der Waals surface area (Å²) < 4.78 is 0. The Kier molecular flexibility index (Phi) is 7.28. The number of urea groups is 1. The molecule has 0 saturated carbocycles. The molecular formula is C21H30N6O. The first-order chi connectivity index (χ1) is 13.7. The van der Waals surface area contributed by atoms with Gasteiger partial charge < -0.3 is 0 Å². The fraction of sp³-hybridized carbons (Fsp3) is 0.571. The van der Waals surface area contributed by atoms with E-state index < -0.39 is 0 Å². The van der Waals surface area contributed by atoms with Gasteiger partial charge in [-0.25, -0.2) is 24.7 Å². The lowest BCUT2D eigenvalue weighted by molar-refractivity contribution is 0.262. The second-order valence-electron chi connectivity index (χ2n) is 7.32. The fourth-order valence-electron chi connectivity index (χ4n) is 3.32. The molecule has 7 heteroatoms. The molecule has 2 aromatic heterocycles. The zero-order valence-corrected chi connectivity index (χ0v) is 16.9. The lowest BCUT2D eigenvalue weighted by Gasteiger charge is -2.09. The molecule has 0 aromatic carbocycles. The van der Waals surface area contributed by atoms with Gasteiger partial charge in [0.25, 0.3) is 0 Å². The average Bonchev–Trinajstić information content (AvgIpc) is 2.84. The van der Waals surface area contributed by atoms with Crippen molar-refractivity contribution in [2.45, 2.75) is 78.1 Å². The molecule has 0 bridgehead atoms. The zero-order chi connectivity index (χ0) is 19.8. The SMILES string of the molecule is CCCCCCc1cnc2c(n1)-c1nc(CCCCCC)cnc1NC(=O)N2. The summed E-state index contributed by atoms with van der Waals surface area (Å²) >= 11 is 0. The van der Waals surface area contributed by atoms with Gasteiger partial charge in [0.1, 0.15) is 11.4 Å². The number of hydrogen-bond donors (Lipinski definition) is 2. The largest absolute Gasteiger partial charge is 0.326 e. The third kappa shape index (κ3) is 5.24. The van der Waals surface area contributed by atoms with Crippen LogP contribution in [-0.2, 0) is 12.8 Å². The normalized spacial score (nSPS) is 12.6. The first-order valence-corrected chi connectivity index (χ1v) is 10.5. The van der Waals surface area contributed by atoms with Crippen molar-refractivity contribution in [3.8, 4) is 11.4 Å². The smallest absolute Gasteiger partial charge is 0.290 e. The molecule has 0 aliphatic carbocycles. The van der Waals surface area contributed by atoms with Crippen molar-refractivity contribution in [2.75, 3.05) is 10.6 Å². The number of nitrogens with zero attached hydrogens (tertiary/aromatic N) is 4. The van der Waals surface area contributed by atoms with Gasteiger partial charge in [-0.05, 0) is 25.7 Å². The molecule has 3 rings (SSSR count). The Hall–Kier alpha value is -2.57. The van der Waals surface area contributed by atoms with E-state index in [0.29, 0.717) is 23.0 Å². The molecule has 0 spiro atoms. The molecule has 0 saturated heterocycles. The Balaban J connectivity index is 1.84. The fourth-order valence-corrected chi connectivity index (χ4v) is 3.32. The maximum atomic E-state index is 12.1. The van der Waals surface area contributed by atoms with Gasteiger partial charge in [0.05, 0.1) is 23.8 Å². The van der Waals surface area contributed by atoms with E-state index in [-0.39, 0.29) is 6.03 Å². The topological polar surface area (TPSA) is 92.7 Å². The Morgan fingerprint density at radius 1 is 0.714 bits per heavy atom. The lowest BCUT2D eigenvalue weighted by atomic mass is 10.1. The highest BCUT2D eigenvalue weighted by Crippen LogP contribution is 2.31. The molecule has 0 atom stereocenters. The van der Waals surface area contributed by atoms with Crippen LogP contribution in [0.15, 0.2) is 12.4 Å². The molecule has 2 amide bonds. The maximum absolute atomic E-state index is 12.1. The molecule has 2 N–H and O–H groups in total. The third-order valence-electron chi connectivity index (χ3n) is 4.91. The van der Waals surface area contributed by atoms with E-state index in [0.717, 1.165) is 37.1 Å². The van der Waals surface area contributed by atoms with Crippen molar-refractivity contribution < 1.29 is 4.79 Å². The second-order valence-corrected chi connectivity index (χ2v) is 7.32. The molecule has 1 aliphatic heterocycles. The monoisotopic (exact) mass is 382 g/mol. The number of nitrogens with one attached hydrogen (secondary N) is 2. The number of carbonyl (C=O) groups excluding carboxylic acids is 1. The van der Waals surface area contributed by atoms with Gasteiger partial charge >= 0.3 is 6.03 Å². The zero-order valence-electron chi connectivity index (χ0n) is 16.9. The standard InChI is InChI=1S/C21H30N6O/c1-3-5-7-9-11-15-13-22-19-17(24-15)18-20(27-21(28)26-19)23-14-16(25-18)12-10-8-6-4-2/h13-14H,3-12H2,1-2H3,(H2,22,23,26,27,28). The van der Waals surface area contributed by atoms with Crippen molar-refractivity contribution in [3.63, 3.8) is 0 Å². The van der Waals surface area contributed by atoms with E-state index in [1.165, 1.54) is 38.5 Å². The van der Waals surface area contributed by atoms with Crippen molar-refractivity contribution >= 4 is 17.7 Å². The summed E-state index contributed by atoms with van der Waals surface area (Å²) in [5.74, 6) is 0.872. The van der Waals surface area contributed by atoms with Crippen LogP contribution in [0.1, 0.15) is 76.6 Å². The van der Waals surface area contributed by atoms with Crippen molar-refractivity contribution in [1.29, 1.82) is 0 Å². The molecule has 7 nitrogen and oxygen atoms in total. The first kappa shape index (κ1) is 20.2. The predicted octanol–water partition coefficient (Wildman–Crippen LogP) is 5.14. The van der Waals surface area contributed by atoms with Gasteiger partial charge in [-0.3, -0.25) is 10.6 Å². The number of carbonyl (C=O) groups is 1.